The smallest absolute Gasteiger partial charge is 0.209 e. The van der Waals surface area contributed by atoms with E-state index >= 15 is 0 Å². The number of primary sulfonamides is 1. The van der Waals surface area contributed by atoms with Crippen LogP contribution in [0.5, 0.6) is 0 Å². The molecule has 1 saturated carbocycles. The topological polar surface area (TPSA) is 86.2 Å². The average molecular weight is 178 g/mol. The van der Waals surface area contributed by atoms with Gasteiger partial charge >= 0.3 is 0 Å². The van der Waals surface area contributed by atoms with Crippen molar-refractivity contribution in [3.05, 3.63) is 0 Å². The fourth-order valence-electron chi connectivity index (χ4n) is 1.59. The minimum atomic E-state index is -3.29. The molecule has 0 radical (unpaired) electrons. The van der Waals surface area contributed by atoms with E-state index in [1.165, 1.54) is 0 Å². The van der Waals surface area contributed by atoms with Crippen LogP contribution in [0, 0.1) is 5.92 Å². The molecule has 0 aromatic rings. The van der Waals surface area contributed by atoms with E-state index in [0.717, 1.165) is 19.3 Å². The first-order valence-corrected chi connectivity index (χ1v) is 5.45. The first-order valence-electron chi connectivity index (χ1n) is 3.73. The van der Waals surface area contributed by atoms with Crippen LogP contribution < -0.4 is 10.9 Å². The summed E-state index contributed by atoms with van der Waals surface area (Å²) in [5.74, 6) is 0.292. The summed E-state index contributed by atoms with van der Waals surface area (Å²) in [6.45, 7) is 0. The zero-order valence-corrected chi connectivity index (χ0v) is 7.18. The molecule has 2 unspecified atom stereocenters. The summed E-state index contributed by atoms with van der Waals surface area (Å²) in [7, 11) is -3.29. The molecular weight excluding hydrogens is 164 g/mol. The predicted molar refractivity (Wildman–Crippen MR) is 43.3 cm³/mol. The second-order valence-electron chi connectivity index (χ2n) is 3.27. The molecule has 4 nitrogen and oxygen atoms in total. The normalized spacial score (nSPS) is 32.5. The summed E-state index contributed by atoms with van der Waals surface area (Å²) >= 11 is 0. The molecule has 0 aromatic carbocycles. The summed E-state index contributed by atoms with van der Waals surface area (Å²) in [6.07, 6.45) is 2.63. The molecule has 4 N–H and O–H groups in total. The molecule has 1 fully saturated rings. The molecule has 1 rings (SSSR count). The molecule has 5 heteroatoms. The lowest BCUT2D eigenvalue weighted by atomic mass is 10.1. The molecule has 0 aromatic heterocycles. The van der Waals surface area contributed by atoms with E-state index in [0.29, 0.717) is 0 Å². The molecule has 0 bridgehead atoms. The number of hydrogen-bond donors (Lipinski definition) is 2. The third-order valence-electron chi connectivity index (χ3n) is 2.05. The maximum atomic E-state index is 10.6. The molecule has 2 atom stereocenters. The Hall–Kier alpha value is -0.130. The average Bonchev–Trinajstić information content (AvgIpc) is 2.10. The van der Waals surface area contributed by atoms with Crippen molar-refractivity contribution in [1.82, 2.24) is 0 Å². The highest BCUT2D eigenvalue weighted by Crippen LogP contribution is 2.24. The second-order valence-corrected chi connectivity index (χ2v) is 4.93. The minimum absolute atomic E-state index is 0.0979. The Kier molecular flexibility index (Phi) is 2.51. The van der Waals surface area contributed by atoms with Crippen molar-refractivity contribution in [1.29, 1.82) is 0 Å². The fraction of sp³-hybridized carbons (Fsp3) is 1.00. The van der Waals surface area contributed by atoms with Crippen molar-refractivity contribution in [2.45, 2.75) is 25.3 Å². The van der Waals surface area contributed by atoms with Gasteiger partial charge in [0.1, 0.15) is 0 Å². The minimum Gasteiger partial charge on any atom is -0.328 e. The van der Waals surface area contributed by atoms with Crippen LogP contribution in [-0.2, 0) is 10.0 Å². The van der Waals surface area contributed by atoms with Crippen molar-refractivity contribution in [3.8, 4) is 0 Å². The van der Waals surface area contributed by atoms with E-state index in [2.05, 4.69) is 0 Å². The van der Waals surface area contributed by atoms with Crippen molar-refractivity contribution in [2.75, 3.05) is 5.75 Å². The molecule has 66 valence electrons. The van der Waals surface area contributed by atoms with Crippen LogP contribution in [0.2, 0.25) is 0 Å². The number of sulfonamides is 1. The zero-order valence-electron chi connectivity index (χ0n) is 6.36. The van der Waals surface area contributed by atoms with Crippen LogP contribution in [0.15, 0.2) is 0 Å². The van der Waals surface area contributed by atoms with Gasteiger partial charge in [0.15, 0.2) is 0 Å². The van der Waals surface area contributed by atoms with Crippen LogP contribution >= 0.6 is 0 Å². The van der Waals surface area contributed by atoms with Crippen molar-refractivity contribution >= 4 is 10.0 Å². The van der Waals surface area contributed by atoms with E-state index < -0.39 is 10.0 Å². The van der Waals surface area contributed by atoms with E-state index in [4.69, 9.17) is 10.9 Å². The zero-order chi connectivity index (χ0) is 8.48. The molecule has 0 amide bonds. The van der Waals surface area contributed by atoms with E-state index in [1.54, 1.807) is 0 Å². The highest BCUT2D eigenvalue weighted by atomic mass is 32.2. The van der Waals surface area contributed by atoms with Gasteiger partial charge in [-0.15, -0.1) is 0 Å². The van der Waals surface area contributed by atoms with Gasteiger partial charge in [-0.05, 0) is 25.2 Å². The van der Waals surface area contributed by atoms with Gasteiger partial charge in [-0.3, -0.25) is 0 Å². The Morgan fingerprint density at radius 2 is 2.00 bits per heavy atom. The maximum Gasteiger partial charge on any atom is 0.209 e. The van der Waals surface area contributed by atoms with Crippen LogP contribution in [-0.4, -0.2) is 20.2 Å². The number of hydrogen-bond acceptors (Lipinski definition) is 3. The standard InChI is InChI=1S/C6H14N2O2S/c7-6-2-1-5(3-6)4-11(8,9)10/h5-6H,1-4,7H2,(H2,8,9,10). The first-order chi connectivity index (χ1) is 4.97. The van der Waals surface area contributed by atoms with Gasteiger partial charge < -0.3 is 5.73 Å². The van der Waals surface area contributed by atoms with Crippen LogP contribution in [0.1, 0.15) is 19.3 Å². The monoisotopic (exact) mass is 178 g/mol. The highest BCUT2D eigenvalue weighted by Gasteiger charge is 2.24. The van der Waals surface area contributed by atoms with E-state index in [1.807, 2.05) is 0 Å². The number of rotatable bonds is 2. The predicted octanol–water partition coefficient (Wildman–Crippen LogP) is -0.598. The third-order valence-corrected chi connectivity index (χ3v) is 2.99. The Balaban J connectivity index is 2.41. The second kappa shape index (κ2) is 3.08. The molecule has 0 heterocycles. The van der Waals surface area contributed by atoms with Crippen LogP contribution in [0.3, 0.4) is 0 Å². The maximum absolute atomic E-state index is 10.6. The summed E-state index contributed by atoms with van der Waals surface area (Å²) < 4.78 is 21.3. The highest BCUT2D eigenvalue weighted by molar-refractivity contribution is 7.89. The van der Waals surface area contributed by atoms with Crippen molar-refractivity contribution in [2.24, 2.45) is 16.8 Å². The quantitative estimate of drug-likeness (QED) is 0.592. The molecule has 0 spiro atoms. The van der Waals surface area contributed by atoms with Crippen LogP contribution in [0.4, 0.5) is 0 Å². The van der Waals surface area contributed by atoms with Gasteiger partial charge in [0.05, 0.1) is 5.75 Å². The van der Waals surface area contributed by atoms with Gasteiger partial charge in [-0.25, -0.2) is 13.6 Å². The lowest BCUT2D eigenvalue weighted by Gasteiger charge is -2.05. The summed E-state index contributed by atoms with van der Waals surface area (Å²) in [5.41, 5.74) is 5.61. The Bertz CT molecular complexity index is 225. The van der Waals surface area contributed by atoms with Gasteiger partial charge in [0.2, 0.25) is 10.0 Å². The first kappa shape index (κ1) is 8.96. The van der Waals surface area contributed by atoms with Gasteiger partial charge in [-0.2, -0.15) is 0 Å². The Morgan fingerprint density at radius 3 is 2.36 bits per heavy atom. The van der Waals surface area contributed by atoms with Crippen molar-refractivity contribution in [3.63, 3.8) is 0 Å². The Morgan fingerprint density at radius 1 is 1.36 bits per heavy atom. The fourth-order valence-corrected chi connectivity index (χ4v) is 2.55. The SMILES string of the molecule is NC1CCC(CS(N)(=O)=O)C1. The Labute approximate surface area is 67.0 Å². The molecular formula is C6H14N2O2S. The lowest BCUT2D eigenvalue weighted by molar-refractivity contribution is 0.554. The molecule has 0 saturated heterocycles. The summed E-state index contributed by atoms with van der Waals surface area (Å²) in [5, 5.41) is 4.89. The largest absolute Gasteiger partial charge is 0.328 e. The van der Waals surface area contributed by atoms with Gasteiger partial charge in [0.25, 0.3) is 0 Å². The summed E-state index contributed by atoms with van der Waals surface area (Å²) in [6, 6.07) is 0.182. The lowest BCUT2D eigenvalue weighted by Crippen LogP contribution is -2.23. The van der Waals surface area contributed by atoms with Gasteiger partial charge in [0, 0.05) is 6.04 Å². The molecule has 11 heavy (non-hydrogen) atoms. The molecule has 1 aliphatic rings. The molecule has 0 aliphatic heterocycles. The van der Waals surface area contributed by atoms with E-state index in [-0.39, 0.29) is 17.7 Å². The van der Waals surface area contributed by atoms with E-state index in [9.17, 15) is 8.42 Å². The summed E-state index contributed by atoms with van der Waals surface area (Å²) in [4.78, 5) is 0. The van der Waals surface area contributed by atoms with Crippen LogP contribution in [0.25, 0.3) is 0 Å². The molecule has 1 aliphatic carbocycles. The third kappa shape index (κ3) is 3.18. The van der Waals surface area contributed by atoms with Gasteiger partial charge in [-0.1, -0.05) is 0 Å². The van der Waals surface area contributed by atoms with Crippen molar-refractivity contribution < 1.29 is 8.42 Å². The number of nitrogens with two attached hydrogens (primary N) is 2.